The van der Waals surface area contributed by atoms with Crippen LogP contribution < -0.4 is 10.6 Å². The molecule has 0 bridgehead atoms. The van der Waals surface area contributed by atoms with Gasteiger partial charge in [0, 0.05) is 36.0 Å². The lowest BCUT2D eigenvalue weighted by Gasteiger charge is -2.34. The number of pyridine rings is 1. The van der Waals surface area contributed by atoms with Crippen LogP contribution in [0.25, 0.3) is 11.1 Å². The number of benzene rings is 1. The summed E-state index contributed by atoms with van der Waals surface area (Å²) in [6.45, 7) is 2.99. The molecule has 1 aromatic carbocycles. The molecule has 1 saturated carbocycles. The summed E-state index contributed by atoms with van der Waals surface area (Å²) in [7, 11) is 0. The maximum atomic E-state index is 14.2. The van der Waals surface area contributed by atoms with Crippen LogP contribution in [0.15, 0.2) is 47.3 Å². The Labute approximate surface area is 214 Å². The van der Waals surface area contributed by atoms with E-state index in [1.807, 2.05) is 0 Å². The van der Waals surface area contributed by atoms with E-state index in [4.69, 9.17) is 4.52 Å². The van der Waals surface area contributed by atoms with Crippen molar-refractivity contribution >= 4 is 17.5 Å². The minimum absolute atomic E-state index is 0.0713. The van der Waals surface area contributed by atoms with Gasteiger partial charge in [-0.05, 0) is 56.4 Å². The summed E-state index contributed by atoms with van der Waals surface area (Å²) >= 11 is 0. The van der Waals surface area contributed by atoms with Gasteiger partial charge in [-0.25, -0.2) is 8.78 Å². The summed E-state index contributed by atoms with van der Waals surface area (Å²) in [4.78, 5) is 30.0. The number of anilines is 1. The lowest BCUT2D eigenvalue weighted by Crippen LogP contribution is -2.50. The minimum atomic E-state index is -4.59. The SMILES string of the molecule is Cc1nocc1C(=O)N[C@H](C(=O)Nc1ccc(-c2c(C(F)(F)F)ccnc2C)cc1)[C@H]1CCCC(F)(F)C1. The largest absolute Gasteiger partial charge is 0.417 e. The summed E-state index contributed by atoms with van der Waals surface area (Å²) in [6, 6.07) is 5.20. The summed E-state index contributed by atoms with van der Waals surface area (Å²) in [5, 5.41) is 8.76. The highest BCUT2D eigenvalue weighted by Gasteiger charge is 2.42. The van der Waals surface area contributed by atoms with Gasteiger partial charge in [0.25, 0.3) is 5.91 Å². The summed E-state index contributed by atoms with van der Waals surface area (Å²) in [5.74, 6) is -5.23. The first-order valence-electron chi connectivity index (χ1n) is 11.9. The molecule has 2 atom stereocenters. The molecule has 2 amide bonds. The molecule has 1 aliphatic rings. The van der Waals surface area contributed by atoms with Gasteiger partial charge < -0.3 is 15.2 Å². The second kappa shape index (κ2) is 10.5. The van der Waals surface area contributed by atoms with Crippen molar-refractivity contribution in [1.29, 1.82) is 0 Å². The van der Waals surface area contributed by atoms with Gasteiger partial charge >= 0.3 is 6.18 Å². The van der Waals surface area contributed by atoms with E-state index in [0.717, 1.165) is 18.5 Å². The first-order chi connectivity index (χ1) is 17.9. The second-order valence-corrected chi connectivity index (χ2v) is 9.36. The molecule has 0 unspecified atom stereocenters. The number of aryl methyl sites for hydroxylation is 2. The van der Waals surface area contributed by atoms with Crippen molar-refractivity contribution in [2.45, 2.75) is 57.7 Å². The normalized spacial score (nSPS) is 18.0. The van der Waals surface area contributed by atoms with Gasteiger partial charge in [0.2, 0.25) is 11.8 Å². The van der Waals surface area contributed by atoms with E-state index in [2.05, 4.69) is 20.8 Å². The van der Waals surface area contributed by atoms with Crippen molar-refractivity contribution in [1.82, 2.24) is 15.5 Å². The average molecular weight is 537 g/mol. The molecule has 202 valence electrons. The highest BCUT2D eigenvalue weighted by molar-refractivity contribution is 6.01. The smallest absolute Gasteiger partial charge is 0.364 e. The summed E-state index contributed by atoms with van der Waals surface area (Å²) < 4.78 is 73.7. The molecule has 0 aliphatic heterocycles. The van der Waals surface area contributed by atoms with Crippen molar-refractivity contribution in [2.75, 3.05) is 5.32 Å². The van der Waals surface area contributed by atoms with Crippen molar-refractivity contribution in [3.8, 4) is 11.1 Å². The molecule has 0 spiro atoms. The zero-order chi connectivity index (χ0) is 27.7. The molecule has 2 aromatic heterocycles. The number of amides is 2. The number of nitrogens with one attached hydrogen (secondary N) is 2. The Kier molecular flexibility index (Phi) is 7.52. The molecule has 38 heavy (non-hydrogen) atoms. The number of alkyl halides is 5. The van der Waals surface area contributed by atoms with Crippen LogP contribution in [0.2, 0.25) is 0 Å². The number of aromatic nitrogens is 2. The quantitative estimate of drug-likeness (QED) is 0.381. The van der Waals surface area contributed by atoms with E-state index in [-0.39, 0.29) is 46.6 Å². The predicted molar refractivity (Wildman–Crippen MR) is 127 cm³/mol. The maximum absolute atomic E-state index is 14.2. The Morgan fingerprint density at radius 3 is 2.42 bits per heavy atom. The topological polar surface area (TPSA) is 97.1 Å². The van der Waals surface area contributed by atoms with E-state index >= 15 is 0 Å². The van der Waals surface area contributed by atoms with Gasteiger partial charge in [-0.1, -0.05) is 17.3 Å². The van der Waals surface area contributed by atoms with Gasteiger partial charge in [0.15, 0.2) is 0 Å². The Bertz CT molecular complexity index is 1320. The molecule has 4 rings (SSSR count). The van der Waals surface area contributed by atoms with Crippen LogP contribution in [0.5, 0.6) is 0 Å². The molecule has 0 saturated heterocycles. The van der Waals surface area contributed by atoms with Crippen LogP contribution >= 0.6 is 0 Å². The molecule has 7 nitrogen and oxygen atoms in total. The van der Waals surface area contributed by atoms with E-state index in [1.54, 1.807) is 0 Å². The van der Waals surface area contributed by atoms with E-state index in [1.165, 1.54) is 38.1 Å². The number of hydrogen-bond donors (Lipinski definition) is 2. The first-order valence-corrected chi connectivity index (χ1v) is 11.9. The van der Waals surface area contributed by atoms with Crippen molar-refractivity contribution < 1.29 is 36.1 Å². The molecule has 2 heterocycles. The van der Waals surface area contributed by atoms with Gasteiger partial charge in [-0.2, -0.15) is 13.2 Å². The monoisotopic (exact) mass is 536 g/mol. The molecular formula is C26H25F5N4O3. The van der Waals surface area contributed by atoms with Crippen LogP contribution in [0.3, 0.4) is 0 Å². The van der Waals surface area contributed by atoms with Crippen LogP contribution in [-0.2, 0) is 11.0 Å². The fourth-order valence-electron chi connectivity index (χ4n) is 4.73. The number of hydrogen-bond acceptors (Lipinski definition) is 5. The third kappa shape index (κ3) is 6.00. The average Bonchev–Trinajstić information content (AvgIpc) is 3.27. The van der Waals surface area contributed by atoms with Gasteiger partial charge in [0.1, 0.15) is 17.9 Å². The lowest BCUT2D eigenvalue weighted by molar-refractivity contribution is -0.137. The fraction of sp³-hybridized carbons (Fsp3) is 0.385. The number of carbonyl (C=O) groups is 2. The van der Waals surface area contributed by atoms with Gasteiger partial charge in [-0.15, -0.1) is 0 Å². The summed E-state index contributed by atoms with van der Waals surface area (Å²) in [5.41, 5.74) is 0.0552. The third-order valence-electron chi connectivity index (χ3n) is 6.60. The van der Waals surface area contributed by atoms with Crippen molar-refractivity contribution in [2.24, 2.45) is 5.92 Å². The van der Waals surface area contributed by atoms with Gasteiger partial charge in [-0.3, -0.25) is 14.6 Å². The van der Waals surface area contributed by atoms with Crippen molar-refractivity contribution in [3.63, 3.8) is 0 Å². The minimum Gasteiger partial charge on any atom is -0.364 e. The molecule has 0 radical (unpaired) electrons. The number of halogens is 5. The zero-order valence-electron chi connectivity index (χ0n) is 20.5. The van der Waals surface area contributed by atoms with Crippen molar-refractivity contribution in [3.05, 3.63) is 65.3 Å². The lowest BCUT2D eigenvalue weighted by atomic mass is 9.81. The van der Waals surface area contributed by atoms with Crippen LogP contribution in [0.1, 0.15) is 53.0 Å². The molecule has 2 N–H and O–H groups in total. The van der Waals surface area contributed by atoms with E-state index in [9.17, 15) is 31.5 Å². The molecule has 1 aliphatic carbocycles. The highest BCUT2D eigenvalue weighted by atomic mass is 19.4. The predicted octanol–water partition coefficient (Wildman–Crippen LogP) is 5.93. The number of rotatable bonds is 6. The zero-order valence-corrected chi connectivity index (χ0v) is 20.5. The van der Waals surface area contributed by atoms with E-state index < -0.39 is 47.9 Å². The highest BCUT2D eigenvalue weighted by Crippen LogP contribution is 2.40. The molecule has 3 aromatic rings. The standard InChI is InChI=1S/C26H25F5N4O3/c1-14-19(13-38-35-14)23(36)34-22(17-4-3-10-25(27,28)12-17)24(37)33-18-7-5-16(6-8-18)21-15(2)32-11-9-20(21)26(29,30)31/h5-9,11,13,17,22H,3-4,10,12H2,1-2H3,(H,33,37)(H,34,36)/t17-,22-/m0/s1. The fourth-order valence-corrected chi connectivity index (χ4v) is 4.73. The first kappa shape index (κ1) is 27.2. The van der Waals surface area contributed by atoms with Gasteiger partial charge in [0.05, 0.1) is 11.3 Å². The van der Waals surface area contributed by atoms with Crippen LogP contribution in [0, 0.1) is 19.8 Å². The third-order valence-corrected chi connectivity index (χ3v) is 6.60. The Balaban J connectivity index is 1.57. The molecule has 12 heteroatoms. The second-order valence-electron chi connectivity index (χ2n) is 9.36. The number of carbonyl (C=O) groups excluding carboxylic acids is 2. The number of nitrogens with zero attached hydrogens (tertiary/aromatic N) is 2. The maximum Gasteiger partial charge on any atom is 0.417 e. The Morgan fingerprint density at radius 1 is 1.11 bits per heavy atom. The van der Waals surface area contributed by atoms with Crippen LogP contribution in [-0.4, -0.2) is 33.9 Å². The van der Waals surface area contributed by atoms with E-state index in [0.29, 0.717) is 6.42 Å². The Morgan fingerprint density at radius 2 is 1.82 bits per heavy atom. The molecule has 1 fully saturated rings. The van der Waals surface area contributed by atoms with Crippen LogP contribution in [0.4, 0.5) is 27.6 Å². The molecular weight excluding hydrogens is 511 g/mol. The summed E-state index contributed by atoms with van der Waals surface area (Å²) in [6.07, 6.45) is -2.80. The Hall–Kier alpha value is -3.83.